The van der Waals surface area contributed by atoms with Gasteiger partial charge in [-0.1, -0.05) is 176 Å². The molecule has 6 aliphatic rings. The fourth-order valence-electron chi connectivity index (χ4n) is 20.9. The van der Waals surface area contributed by atoms with Crippen molar-refractivity contribution < 1.29 is 32.1 Å². The van der Waals surface area contributed by atoms with Crippen LogP contribution in [0.2, 0.25) is 0 Å². The molecule has 0 fully saturated rings. The second-order valence-corrected chi connectivity index (χ2v) is 29.5. The van der Waals surface area contributed by atoms with Crippen molar-refractivity contribution in [3.63, 3.8) is 0 Å². The number of ether oxygens (including phenoxy) is 4. The van der Waals surface area contributed by atoms with Gasteiger partial charge in [-0.3, -0.25) is 0 Å². The summed E-state index contributed by atoms with van der Waals surface area (Å²) < 4.78 is 92.5. The molecule has 0 aliphatic carbocycles. The first-order valence-corrected chi connectivity index (χ1v) is 36.1. The Kier molecular flexibility index (Phi) is 9.69. The summed E-state index contributed by atoms with van der Waals surface area (Å²) in [5.41, 5.74) is 20.3. The van der Waals surface area contributed by atoms with E-state index in [4.69, 9.17) is 18.9 Å². The zero-order valence-corrected chi connectivity index (χ0v) is 56.0. The standard InChI is InChI=1S/C91H45B3F3N5O4/c1-44-20-18-29-57(95)81(44)101-66-42-71-56(40-53(66)92-51-27-8-16-38-68(51)103-88-74-47-23-4-12-34-62(47)98-60-32-10-2-21-45(60)72(83(74)98)86(101)78(88)92)94-54-41-55-70(106-91-77-50-26-7-15-37-65(50)100-64-36-14-6-25-49(64)76(85(77)100)90-80(91)93(55)52-28-9-17-39-69(52)104-90)43-67(54)102(82-58(96)30-19-31-59(82)97)87-73-46-22-3-11-33-61(46)99-63-35-13-5-24-48(63)75(84(73)99)89(105-71)79(87)94/h2-43H,1H3. The van der Waals surface area contributed by atoms with Crippen LogP contribution in [0, 0.1) is 24.4 Å². The fraction of sp³-hybridized carbons (Fsp3) is 0.0110. The lowest BCUT2D eigenvalue weighted by Gasteiger charge is -2.44. The van der Waals surface area contributed by atoms with E-state index >= 15 is 13.2 Å². The highest BCUT2D eigenvalue weighted by Crippen LogP contribution is 2.59. The van der Waals surface area contributed by atoms with E-state index in [0.29, 0.717) is 45.8 Å². The summed E-state index contributed by atoms with van der Waals surface area (Å²) in [4.78, 5) is 4.02. The Morgan fingerprint density at radius 1 is 0.264 bits per heavy atom. The minimum atomic E-state index is -0.741. The third-order valence-electron chi connectivity index (χ3n) is 24.7. The maximum Gasteiger partial charge on any atom is 0.260 e. The third kappa shape index (κ3) is 6.18. The summed E-state index contributed by atoms with van der Waals surface area (Å²) in [6.45, 7) is 0.304. The Labute approximate surface area is 600 Å². The topological polar surface area (TPSA) is 56.6 Å². The van der Waals surface area contributed by atoms with E-state index in [-0.39, 0.29) is 11.5 Å². The van der Waals surface area contributed by atoms with Gasteiger partial charge >= 0.3 is 0 Å². The average Bonchev–Trinajstić information content (AvgIpc) is 1.37. The van der Waals surface area contributed by atoms with Crippen LogP contribution in [-0.2, 0) is 0 Å². The van der Waals surface area contributed by atoms with Gasteiger partial charge < -0.3 is 41.9 Å². The fourth-order valence-corrected chi connectivity index (χ4v) is 20.9. The predicted octanol–water partition coefficient (Wildman–Crippen LogP) is 17.4. The minimum Gasteiger partial charge on any atom is -0.458 e. The van der Waals surface area contributed by atoms with Gasteiger partial charge in [-0.2, -0.15) is 0 Å². The molecule has 15 aromatic carbocycles. The smallest absolute Gasteiger partial charge is 0.260 e. The maximum atomic E-state index is 18.2. The molecule has 6 aliphatic heterocycles. The molecule has 0 bridgehead atoms. The monoisotopic (exact) mass is 1360 g/mol. The van der Waals surface area contributed by atoms with E-state index in [1.807, 2.05) is 36.1 Å². The Balaban J connectivity index is 0.826. The molecule has 0 atom stereocenters. The van der Waals surface area contributed by atoms with E-state index in [1.54, 1.807) is 12.1 Å². The summed E-state index contributed by atoms with van der Waals surface area (Å²) >= 11 is 0. The predicted molar refractivity (Wildman–Crippen MR) is 424 cm³/mol. The summed E-state index contributed by atoms with van der Waals surface area (Å²) in [5, 5.41) is 11.6. The number of halogens is 3. The molecule has 0 unspecified atom stereocenters. The van der Waals surface area contributed by atoms with E-state index in [0.717, 1.165) is 198 Å². The molecule has 15 heteroatoms. The molecule has 0 amide bonds. The molecule has 488 valence electrons. The zero-order chi connectivity index (χ0) is 68.9. The molecule has 21 aromatic rings. The second kappa shape index (κ2) is 18.6. The van der Waals surface area contributed by atoms with Gasteiger partial charge in [0, 0.05) is 72.1 Å². The van der Waals surface area contributed by atoms with Crippen molar-refractivity contribution in [3.8, 4) is 46.0 Å². The van der Waals surface area contributed by atoms with Gasteiger partial charge in [0.1, 0.15) is 69.1 Å². The van der Waals surface area contributed by atoms with Crippen molar-refractivity contribution in [2.75, 3.05) is 9.80 Å². The van der Waals surface area contributed by atoms with Gasteiger partial charge in [0.2, 0.25) is 0 Å². The SMILES string of the molecule is Cc1cccc(F)c1N1c2cc3c(cc2B2c4ccccc4Oc4c2c1c1c2ccccc2n2c5ccccc5c4c12)B1c2cc4c(cc2N(c2c(F)cccc2F)c2c1c(c1c5ccccc5n5c6ccccc6c2c15)O3)Oc1c2c(c3c5ccccc5n5c6ccccc6c1c35)Oc1ccccc1B42. The Morgan fingerprint density at radius 2 is 0.575 bits per heavy atom. The van der Waals surface area contributed by atoms with Crippen molar-refractivity contribution in [1.82, 2.24) is 13.2 Å². The van der Waals surface area contributed by atoms with Crippen LogP contribution in [0.1, 0.15) is 5.56 Å². The highest BCUT2D eigenvalue weighted by atomic mass is 19.1. The van der Waals surface area contributed by atoms with Crippen LogP contribution in [0.15, 0.2) is 255 Å². The Morgan fingerprint density at radius 3 is 0.991 bits per heavy atom. The molecule has 6 aromatic heterocycles. The molecule has 106 heavy (non-hydrogen) atoms. The number of aryl methyl sites for hydroxylation is 1. The highest BCUT2D eigenvalue weighted by molar-refractivity contribution is 7.04. The summed E-state index contributed by atoms with van der Waals surface area (Å²) in [7, 11) is 0. The van der Waals surface area contributed by atoms with Crippen LogP contribution >= 0.6 is 0 Å². The molecule has 0 saturated heterocycles. The van der Waals surface area contributed by atoms with Crippen molar-refractivity contribution in [2.45, 2.75) is 6.92 Å². The molecule has 27 rings (SSSR count). The first-order chi connectivity index (χ1) is 52.3. The quantitative estimate of drug-likeness (QED) is 0.161. The second-order valence-electron chi connectivity index (χ2n) is 29.5. The van der Waals surface area contributed by atoms with E-state index < -0.39 is 31.8 Å². The highest BCUT2D eigenvalue weighted by Gasteiger charge is 2.53. The number of nitrogens with zero attached hydrogens (tertiary/aromatic N) is 5. The van der Waals surface area contributed by atoms with Gasteiger partial charge in [-0.25, -0.2) is 13.2 Å². The molecular formula is C91H45B3F3N5O4. The average molecular weight is 1360 g/mol. The molecule has 0 radical (unpaired) electrons. The number of rotatable bonds is 2. The van der Waals surface area contributed by atoms with Crippen molar-refractivity contribution in [3.05, 3.63) is 278 Å². The maximum absolute atomic E-state index is 18.2. The number of aromatic nitrogens is 3. The van der Waals surface area contributed by atoms with Crippen LogP contribution < -0.4 is 77.9 Å². The van der Waals surface area contributed by atoms with Gasteiger partial charge in [0.25, 0.3) is 20.1 Å². The summed E-state index contributed by atoms with van der Waals surface area (Å²) in [6, 6.07) is 86.0. The van der Waals surface area contributed by atoms with Crippen LogP contribution in [0.3, 0.4) is 0 Å². The molecular weight excluding hydrogens is 1320 g/mol. The Hall–Kier alpha value is -13.5. The lowest BCUT2D eigenvalue weighted by molar-refractivity contribution is 0.472. The molecule has 9 nitrogen and oxygen atoms in total. The number of para-hydroxylation sites is 10. The van der Waals surface area contributed by atoms with Crippen LogP contribution in [0.4, 0.5) is 47.3 Å². The van der Waals surface area contributed by atoms with Crippen LogP contribution in [0.25, 0.3) is 114 Å². The number of anilines is 6. The van der Waals surface area contributed by atoms with Gasteiger partial charge in [-0.15, -0.1) is 0 Å². The number of hydrogen-bond acceptors (Lipinski definition) is 6. The van der Waals surface area contributed by atoms with Gasteiger partial charge in [0.05, 0.1) is 88.3 Å². The summed E-state index contributed by atoms with van der Waals surface area (Å²) in [6.07, 6.45) is 0. The summed E-state index contributed by atoms with van der Waals surface area (Å²) in [5.74, 6) is 3.33. The Bertz CT molecular complexity index is 7760. The zero-order valence-electron chi connectivity index (χ0n) is 56.0. The van der Waals surface area contributed by atoms with Crippen molar-refractivity contribution in [1.29, 1.82) is 0 Å². The van der Waals surface area contributed by atoms with Gasteiger partial charge in [-0.05, 0) is 123 Å². The van der Waals surface area contributed by atoms with Crippen LogP contribution in [-0.4, -0.2) is 33.3 Å². The number of fused-ring (bicyclic) bond motifs is 36. The first-order valence-electron chi connectivity index (χ1n) is 36.1. The first kappa shape index (κ1) is 55.1. The minimum absolute atomic E-state index is 0.238. The lowest BCUT2D eigenvalue weighted by atomic mass is 9.29. The number of benzene rings is 15. The van der Waals surface area contributed by atoms with E-state index in [1.165, 1.54) is 18.2 Å². The van der Waals surface area contributed by atoms with Crippen molar-refractivity contribution in [2.24, 2.45) is 0 Å². The molecule has 0 saturated carbocycles. The lowest BCUT2D eigenvalue weighted by Crippen LogP contribution is -2.65. The van der Waals surface area contributed by atoms with Gasteiger partial charge in [0.15, 0.2) is 0 Å². The number of hydrogen-bond donors (Lipinski definition) is 0. The van der Waals surface area contributed by atoms with E-state index in [9.17, 15) is 0 Å². The van der Waals surface area contributed by atoms with Crippen molar-refractivity contribution >= 4 is 218 Å². The normalized spacial score (nSPS) is 14.2. The van der Waals surface area contributed by atoms with E-state index in [2.05, 4.69) is 218 Å². The molecule has 0 N–H and O–H groups in total. The molecule has 12 heterocycles. The molecule has 0 spiro atoms. The third-order valence-corrected chi connectivity index (χ3v) is 24.7. The largest absolute Gasteiger partial charge is 0.458 e. The van der Waals surface area contributed by atoms with Crippen LogP contribution in [0.5, 0.6) is 46.0 Å².